The fourth-order valence-corrected chi connectivity index (χ4v) is 2.29. The van der Waals surface area contributed by atoms with E-state index in [1.165, 1.54) is 7.05 Å². The predicted octanol–water partition coefficient (Wildman–Crippen LogP) is 0.598. The number of sulfonamides is 1. The molecule has 7 nitrogen and oxygen atoms in total. The first-order valence-corrected chi connectivity index (χ1v) is 7.05. The van der Waals surface area contributed by atoms with Crippen LogP contribution in [-0.4, -0.2) is 24.1 Å². The van der Waals surface area contributed by atoms with E-state index in [1.807, 2.05) is 0 Å². The van der Waals surface area contributed by atoms with Gasteiger partial charge in [0.2, 0.25) is 10.0 Å². The van der Waals surface area contributed by atoms with E-state index in [1.54, 1.807) is 0 Å². The number of hydrogen-bond donors (Lipinski definition) is 2. The third-order valence-corrected chi connectivity index (χ3v) is 3.37. The lowest BCUT2D eigenvalue weighted by molar-refractivity contribution is 0.102. The molecule has 2 rings (SSSR count). The normalized spacial score (nSPS) is 11.4. The van der Waals surface area contributed by atoms with Crippen molar-refractivity contribution in [3.8, 4) is 0 Å². The Balaban J connectivity index is 2.36. The summed E-state index contributed by atoms with van der Waals surface area (Å²) in [7, 11) is -2.68. The Morgan fingerprint density at radius 2 is 1.86 bits per heavy atom. The van der Waals surface area contributed by atoms with E-state index >= 15 is 0 Å². The summed E-state index contributed by atoms with van der Waals surface area (Å²) in [5.74, 6) is -3.12. The van der Waals surface area contributed by atoms with Crippen LogP contribution in [-0.2, 0) is 17.1 Å². The maximum absolute atomic E-state index is 13.0. The zero-order valence-electron chi connectivity index (χ0n) is 10.7. The topological polar surface area (TPSA) is 107 Å². The average molecular weight is 316 g/mol. The molecule has 1 heterocycles. The summed E-state index contributed by atoms with van der Waals surface area (Å²) in [5.41, 5.74) is -0.321. The van der Waals surface area contributed by atoms with Crippen LogP contribution in [0.5, 0.6) is 0 Å². The summed E-state index contributed by atoms with van der Waals surface area (Å²) in [6.07, 6.45) is 1.09. The summed E-state index contributed by atoms with van der Waals surface area (Å²) in [4.78, 5) is 11.5. The van der Waals surface area contributed by atoms with Crippen molar-refractivity contribution < 1.29 is 22.0 Å². The van der Waals surface area contributed by atoms with Crippen molar-refractivity contribution >= 4 is 21.7 Å². The van der Waals surface area contributed by atoms with E-state index in [0.717, 1.165) is 23.0 Å². The maximum atomic E-state index is 13.0. The van der Waals surface area contributed by atoms with Crippen molar-refractivity contribution in [1.29, 1.82) is 0 Å². The highest BCUT2D eigenvalue weighted by molar-refractivity contribution is 7.89. The van der Waals surface area contributed by atoms with Crippen LogP contribution in [0, 0.1) is 11.6 Å². The van der Waals surface area contributed by atoms with Crippen LogP contribution in [0.2, 0.25) is 0 Å². The van der Waals surface area contributed by atoms with Gasteiger partial charge >= 0.3 is 0 Å². The van der Waals surface area contributed by atoms with Gasteiger partial charge in [0, 0.05) is 24.9 Å². The van der Waals surface area contributed by atoms with Gasteiger partial charge in [-0.25, -0.2) is 22.3 Å². The highest BCUT2D eigenvalue weighted by Crippen LogP contribution is 2.18. The van der Waals surface area contributed by atoms with Gasteiger partial charge in [-0.1, -0.05) is 0 Å². The Bertz CT molecular complexity index is 797. The minimum absolute atomic E-state index is 0.321. The molecule has 0 fully saturated rings. The number of halogens is 2. The zero-order valence-corrected chi connectivity index (χ0v) is 11.5. The lowest BCUT2D eigenvalue weighted by atomic mass is 10.2. The first-order chi connectivity index (χ1) is 9.66. The second-order valence-corrected chi connectivity index (χ2v) is 5.70. The molecule has 1 aromatic heterocycles. The summed E-state index contributed by atoms with van der Waals surface area (Å²) < 4.78 is 49.9. The highest BCUT2D eigenvalue weighted by Gasteiger charge is 2.21. The van der Waals surface area contributed by atoms with Gasteiger partial charge in [0.1, 0.15) is 16.5 Å². The van der Waals surface area contributed by atoms with Crippen LogP contribution < -0.4 is 10.5 Å². The molecule has 1 amide bonds. The number of benzene rings is 1. The largest absolute Gasteiger partial charge is 0.304 e. The summed E-state index contributed by atoms with van der Waals surface area (Å²) >= 11 is 0. The molecule has 0 saturated heterocycles. The maximum Gasteiger partial charge on any atom is 0.257 e. The number of nitrogens with one attached hydrogen (secondary N) is 1. The Kier molecular flexibility index (Phi) is 3.75. The molecule has 2 aromatic rings. The van der Waals surface area contributed by atoms with Crippen molar-refractivity contribution in [1.82, 2.24) is 9.78 Å². The quantitative estimate of drug-likeness (QED) is 0.864. The Morgan fingerprint density at radius 1 is 1.29 bits per heavy atom. The second kappa shape index (κ2) is 5.22. The second-order valence-electron chi connectivity index (χ2n) is 4.17. The molecule has 0 unspecified atom stereocenters. The van der Waals surface area contributed by atoms with Crippen LogP contribution in [0.3, 0.4) is 0 Å². The zero-order chi connectivity index (χ0) is 15.8. The molecule has 21 heavy (non-hydrogen) atoms. The molecule has 0 aliphatic carbocycles. The third-order valence-electron chi connectivity index (χ3n) is 2.46. The number of aryl methyl sites for hydroxylation is 1. The molecule has 0 aliphatic heterocycles. The van der Waals surface area contributed by atoms with Gasteiger partial charge in [0.25, 0.3) is 5.91 Å². The number of hydrogen-bond acceptors (Lipinski definition) is 4. The van der Waals surface area contributed by atoms with Gasteiger partial charge in [-0.15, -0.1) is 0 Å². The Hall–Kier alpha value is -2.33. The SMILES string of the molecule is Cn1cc(S(N)(=O)=O)c(NC(=O)c2cc(F)cc(F)c2)n1. The third kappa shape index (κ3) is 3.41. The molecule has 0 spiro atoms. The average Bonchev–Trinajstić information content (AvgIpc) is 2.68. The highest BCUT2D eigenvalue weighted by atomic mass is 32.2. The monoisotopic (exact) mass is 316 g/mol. The molecular weight excluding hydrogens is 306 g/mol. The van der Waals surface area contributed by atoms with Crippen LogP contribution in [0.4, 0.5) is 14.6 Å². The Labute approximate surface area is 118 Å². The van der Waals surface area contributed by atoms with Gasteiger partial charge < -0.3 is 5.32 Å². The summed E-state index contributed by atoms with van der Waals surface area (Å²) in [5, 5.41) is 10.9. The first-order valence-electron chi connectivity index (χ1n) is 5.50. The van der Waals surface area contributed by atoms with Crippen molar-refractivity contribution in [2.75, 3.05) is 5.32 Å². The number of primary sulfonamides is 1. The van der Waals surface area contributed by atoms with Crippen molar-refractivity contribution in [2.45, 2.75) is 4.90 Å². The van der Waals surface area contributed by atoms with Crippen molar-refractivity contribution in [3.05, 3.63) is 41.6 Å². The number of amides is 1. The number of aromatic nitrogens is 2. The lowest BCUT2D eigenvalue weighted by Gasteiger charge is -2.04. The van der Waals surface area contributed by atoms with E-state index in [9.17, 15) is 22.0 Å². The van der Waals surface area contributed by atoms with E-state index in [2.05, 4.69) is 10.4 Å². The predicted molar refractivity (Wildman–Crippen MR) is 68.9 cm³/mol. The first kappa shape index (κ1) is 15.1. The molecule has 0 radical (unpaired) electrons. The standard InChI is InChI=1S/C11H10F2N4O3S/c1-17-5-9(21(14,19)20)10(16-17)15-11(18)6-2-7(12)4-8(13)3-6/h2-5H,1H3,(H2,14,19,20)(H,15,16,18). The Morgan fingerprint density at radius 3 is 2.38 bits per heavy atom. The van der Waals surface area contributed by atoms with Crippen molar-refractivity contribution in [2.24, 2.45) is 12.2 Å². The van der Waals surface area contributed by atoms with E-state index in [4.69, 9.17) is 5.14 Å². The number of nitrogens with two attached hydrogens (primary N) is 1. The minimum atomic E-state index is -4.10. The van der Waals surface area contributed by atoms with Crippen LogP contribution in [0.15, 0.2) is 29.3 Å². The molecular formula is C11H10F2N4O3S. The molecule has 10 heteroatoms. The fourth-order valence-electron chi connectivity index (χ4n) is 1.63. The molecule has 3 N–H and O–H groups in total. The summed E-state index contributed by atoms with van der Waals surface area (Å²) in [6, 6.07) is 2.21. The van der Waals surface area contributed by atoms with Gasteiger partial charge in [-0.2, -0.15) is 5.10 Å². The van der Waals surface area contributed by atoms with Gasteiger partial charge in [-0.05, 0) is 12.1 Å². The smallest absolute Gasteiger partial charge is 0.257 e. The fraction of sp³-hybridized carbons (Fsp3) is 0.0909. The number of carbonyl (C=O) groups is 1. The van der Waals surface area contributed by atoms with E-state index < -0.39 is 32.5 Å². The number of nitrogens with zero attached hydrogens (tertiary/aromatic N) is 2. The van der Waals surface area contributed by atoms with Gasteiger partial charge in [0.05, 0.1) is 0 Å². The molecule has 0 bridgehead atoms. The van der Waals surface area contributed by atoms with Crippen molar-refractivity contribution in [3.63, 3.8) is 0 Å². The van der Waals surface area contributed by atoms with E-state index in [0.29, 0.717) is 6.07 Å². The van der Waals surface area contributed by atoms with Crippen LogP contribution in [0.1, 0.15) is 10.4 Å². The molecule has 112 valence electrons. The van der Waals surface area contributed by atoms with Gasteiger partial charge in [-0.3, -0.25) is 9.48 Å². The van der Waals surface area contributed by atoms with Gasteiger partial charge in [0.15, 0.2) is 5.82 Å². The number of rotatable bonds is 3. The molecule has 0 saturated carbocycles. The minimum Gasteiger partial charge on any atom is -0.304 e. The van der Waals surface area contributed by atoms with Crippen LogP contribution in [0.25, 0.3) is 0 Å². The molecule has 0 aliphatic rings. The van der Waals surface area contributed by atoms with Crippen LogP contribution >= 0.6 is 0 Å². The molecule has 0 atom stereocenters. The number of carbonyl (C=O) groups excluding carboxylic acids is 1. The summed E-state index contributed by atoms with van der Waals surface area (Å²) in [6.45, 7) is 0. The number of anilines is 1. The molecule has 1 aromatic carbocycles. The van der Waals surface area contributed by atoms with E-state index in [-0.39, 0.29) is 11.4 Å². The lowest BCUT2D eigenvalue weighted by Crippen LogP contribution is -2.18.